The molecule has 0 aromatic carbocycles. The highest BCUT2D eigenvalue weighted by molar-refractivity contribution is 6.39. The average Bonchev–Trinajstić information content (AvgIpc) is 3.23. The number of carbonyl (C=O) groups excluding carboxylic acids is 2. The maximum Gasteiger partial charge on any atom is 0.276 e. The summed E-state index contributed by atoms with van der Waals surface area (Å²) < 4.78 is 5.29. The van der Waals surface area contributed by atoms with Gasteiger partial charge in [-0.15, -0.1) is 0 Å². The van der Waals surface area contributed by atoms with Crippen molar-refractivity contribution >= 4 is 17.5 Å². The zero-order valence-electron chi connectivity index (χ0n) is 15.3. The topological polar surface area (TPSA) is 97.0 Å². The zero-order chi connectivity index (χ0) is 18.4. The highest BCUT2D eigenvalue weighted by atomic mass is 16.7. The lowest BCUT2D eigenvalue weighted by Crippen LogP contribution is -2.48. The molecule has 2 amide bonds. The lowest BCUT2D eigenvalue weighted by molar-refractivity contribution is -0.116. The first-order valence-corrected chi connectivity index (χ1v) is 9.94. The molecule has 3 fully saturated rings. The van der Waals surface area contributed by atoms with Gasteiger partial charge >= 0.3 is 0 Å². The van der Waals surface area contributed by atoms with Crippen molar-refractivity contribution < 1.29 is 18.9 Å². The summed E-state index contributed by atoms with van der Waals surface area (Å²) in [5.41, 5.74) is 0.413. The normalized spacial score (nSPS) is 24.3. The van der Waals surface area contributed by atoms with Crippen molar-refractivity contribution in [3.63, 3.8) is 0 Å². The van der Waals surface area contributed by atoms with E-state index < -0.39 is 5.60 Å². The first-order valence-electron chi connectivity index (χ1n) is 9.94. The van der Waals surface area contributed by atoms with E-state index in [0.29, 0.717) is 55.7 Å². The first-order chi connectivity index (χ1) is 13.1. The molecule has 2 aliphatic heterocycles. The molecule has 2 saturated carbocycles. The molecule has 5 rings (SSSR count). The van der Waals surface area contributed by atoms with Crippen LogP contribution in [0.5, 0.6) is 0 Å². The Labute approximate surface area is 157 Å². The minimum atomic E-state index is -0.452. The first kappa shape index (κ1) is 16.8. The number of piperidine rings is 1. The van der Waals surface area contributed by atoms with Crippen LogP contribution in [0.25, 0.3) is 0 Å². The van der Waals surface area contributed by atoms with Gasteiger partial charge in [0.25, 0.3) is 11.8 Å². The van der Waals surface area contributed by atoms with Crippen molar-refractivity contribution in [3.8, 4) is 0 Å². The Balaban J connectivity index is 1.15. The number of likely N-dealkylation sites (tertiary alicyclic amines) is 1. The Morgan fingerprint density at radius 3 is 2.63 bits per heavy atom. The van der Waals surface area contributed by atoms with Crippen LogP contribution in [-0.4, -0.2) is 52.3 Å². The van der Waals surface area contributed by atoms with Crippen LogP contribution in [0.3, 0.4) is 0 Å². The van der Waals surface area contributed by atoms with E-state index in [2.05, 4.69) is 15.6 Å². The second-order valence-electron chi connectivity index (χ2n) is 8.27. The molecule has 0 unspecified atom stereocenters. The summed E-state index contributed by atoms with van der Waals surface area (Å²) in [7, 11) is 0. The molecule has 1 N–H and O–H groups in total. The number of nitrogens with zero attached hydrogens (tertiary/aromatic N) is 3. The Morgan fingerprint density at radius 2 is 1.96 bits per heavy atom. The van der Waals surface area contributed by atoms with Crippen molar-refractivity contribution in [2.24, 2.45) is 5.16 Å². The van der Waals surface area contributed by atoms with Crippen molar-refractivity contribution in [1.82, 2.24) is 15.4 Å². The summed E-state index contributed by atoms with van der Waals surface area (Å²) >= 11 is 0. The van der Waals surface area contributed by atoms with Crippen LogP contribution in [-0.2, 0) is 9.63 Å². The Bertz CT molecular complexity index is 785. The molecule has 2 aliphatic carbocycles. The standard InChI is InChI=1S/C19H24N4O4/c24-17(20-13-2-1-3-13)15-11-19(27-22-15)6-8-23(9-7-19)18(25)14-10-16(26-21-14)12-4-5-12/h10,12-13H,1-9,11H2,(H,20,24). The maximum atomic E-state index is 12.7. The molecule has 1 spiro atoms. The number of hydrogen-bond acceptors (Lipinski definition) is 6. The molecule has 144 valence electrons. The molecule has 4 aliphatic rings. The molecular weight excluding hydrogens is 348 g/mol. The fourth-order valence-electron chi connectivity index (χ4n) is 3.96. The molecule has 0 radical (unpaired) electrons. The third kappa shape index (κ3) is 3.21. The number of rotatable bonds is 4. The van der Waals surface area contributed by atoms with E-state index in [-0.39, 0.29) is 11.8 Å². The van der Waals surface area contributed by atoms with E-state index in [1.54, 1.807) is 11.0 Å². The lowest BCUT2D eigenvalue weighted by atomic mass is 9.86. The van der Waals surface area contributed by atoms with Crippen LogP contribution >= 0.6 is 0 Å². The van der Waals surface area contributed by atoms with E-state index in [1.165, 1.54) is 6.42 Å². The second kappa shape index (κ2) is 6.35. The fourth-order valence-corrected chi connectivity index (χ4v) is 3.96. The van der Waals surface area contributed by atoms with E-state index in [4.69, 9.17) is 9.36 Å². The van der Waals surface area contributed by atoms with Crippen molar-refractivity contribution in [2.75, 3.05) is 13.1 Å². The zero-order valence-corrected chi connectivity index (χ0v) is 15.3. The summed E-state index contributed by atoms with van der Waals surface area (Å²) in [5, 5.41) is 11.0. The summed E-state index contributed by atoms with van der Waals surface area (Å²) in [6.45, 7) is 1.13. The highest BCUT2D eigenvalue weighted by Gasteiger charge is 2.45. The third-order valence-corrected chi connectivity index (χ3v) is 6.23. The maximum absolute atomic E-state index is 12.7. The van der Waals surface area contributed by atoms with Gasteiger partial charge in [-0.05, 0) is 32.1 Å². The van der Waals surface area contributed by atoms with Crippen LogP contribution in [0.2, 0.25) is 0 Å². The fraction of sp³-hybridized carbons (Fsp3) is 0.684. The van der Waals surface area contributed by atoms with Gasteiger partial charge in [-0.25, -0.2) is 0 Å². The summed E-state index contributed by atoms with van der Waals surface area (Å²) in [4.78, 5) is 32.4. The number of hydrogen-bond donors (Lipinski definition) is 1. The molecular formula is C19H24N4O4. The molecule has 1 aromatic rings. The van der Waals surface area contributed by atoms with E-state index >= 15 is 0 Å². The van der Waals surface area contributed by atoms with Gasteiger partial charge < -0.3 is 19.6 Å². The van der Waals surface area contributed by atoms with Gasteiger partial charge in [0.2, 0.25) is 0 Å². The summed E-state index contributed by atoms with van der Waals surface area (Å²) in [6, 6.07) is 2.07. The number of aromatic nitrogens is 1. The van der Waals surface area contributed by atoms with Gasteiger partial charge in [-0.3, -0.25) is 9.59 Å². The van der Waals surface area contributed by atoms with Crippen LogP contribution in [0.1, 0.15) is 73.5 Å². The van der Waals surface area contributed by atoms with Crippen LogP contribution in [0.15, 0.2) is 15.7 Å². The smallest absolute Gasteiger partial charge is 0.276 e. The van der Waals surface area contributed by atoms with Gasteiger partial charge in [0.05, 0.1) is 0 Å². The molecule has 8 nitrogen and oxygen atoms in total. The predicted molar refractivity (Wildman–Crippen MR) is 95.3 cm³/mol. The quantitative estimate of drug-likeness (QED) is 0.871. The molecule has 8 heteroatoms. The van der Waals surface area contributed by atoms with Crippen molar-refractivity contribution in [2.45, 2.75) is 68.9 Å². The molecule has 3 heterocycles. The summed E-state index contributed by atoms with van der Waals surface area (Å²) in [5.74, 6) is 1.06. The number of amides is 2. The predicted octanol–water partition coefficient (Wildman–Crippen LogP) is 1.97. The number of carbonyl (C=O) groups is 2. The Morgan fingerprint density at radius 1 is 1.19 bits per heavy atom. The van der Waals surface area contributed by atoms with Crippen LogP contribution in [0, 0.1) is 0 Å². The SMILES string of the molecule is O=C(NC1CCC1)C1=NOC2(CCN(C(=O)c3cc(C4CC4)on3)CC2)C1. The second-order valence-corrected chi connectivity index (χ2v) is 8.27. The number of nitrogens with one attached hydrogen (secondary N) is 1. The van der Waals surface area contributed by atoms with Crippen molar-refractivity contribution in [3.05, 3.63) is 17.5 Å². The van der Waals surface area contributed by atoms with E-state index in [9.17, 15) is 9.59 Å². The molecule has 1 saturated heterocycles. The van der Waals surface area contributed by atoms with Crippen LogP contribution in [0.4, 0.5) is 0 Å². The van der Waals surface area contributed by atoms with Gasteiger partial charge in [0.15, 0.2) is 5.69 Å². The van der Waals surface area contributed by atoms with E-state index in [1.807, 2.05) is 0 Å². The van der Waals surface area contributed by atoms with Gasteiger partial charge in [0, 0.05) is 50.4 Å². The largest absolute Gasteiger partial charge is 0.388 e. The van der Waals surface area contributed by atoms with Gasteiger partial charge in [-0.2, -0.15) is 0 Å². The van der Waals surface area contributed by atoms with E-state index in [0.717, 1.165) is 31.4 Å². The average molecular weight is 372 g/mol. The minimum Gasteiger partial charge on any atom is -0.388 e. The van der Waals surface area contributed by atoms with Gasteiger partial charge in [0.1, 0.15) is 17.1 Å². The monoisotopic (exact) mass is 372 g/mol. The highest BCUT2D eigenvalue weighted by Crippen LogP contribution is 2.40. The third-order valence-electron chi connectivity index (χ3n) is 6.23. The Kier molecular flexibility index (Phi) is 3.94. The van der Waals surface area contributed by atoms with Crippen LogP contribution < -0.4 is 5.32 Å². The Hall–Kier alpha value is -2.38. The molecule has 0 atom stereocenters. The lowest BCUT2D eigenvalue weighted by Gasteiger charge is -2.36. The summed E-state index contributed by atoms with van der Waals surface area (Å²) in [6.07, 6.45) is 7.34. The molecule has 27 heavy (non-hydrogen) atoms. The number of oxime groups is 1. The van der Waals surface area contributed by atoms with Gasteiger partial charge in [-0.1, -0.05) is 10.3 Å². The molecule has 0 bridgehead atoms. The minimum absolute atomic E-state index is 0.0950. The van der Waals surface area contributed by atoms with Crippen molar-refractivity contribution in [1.29, 1.82) is 0 Å². The molecule has 1 aromatic heterocycles.